The molecule has 1 fully saturated rings. The molecule has 0 radical (unpaired) electrons. The van der Waals surface area contributed by atoms with Crippen molar-refractivity contribution < 1.29 is 14.4 Å². The number of hydrogen-bond acceptors (Lipinski definition) is 5. The van der Waals surface area contributed by atoms with Crippen LogP contribution in [-0.4, -0.2) is 28.7 Å². The van der Waals surface area contributed by atoms with Gasteiger partial charge in [-0.05, 0) is 72.6 Å². The molecule has 4 N–H and O–H groups in total. The average Bonchev–Trinajstić information content (AvgIpc) is 3.09. The van der Waals surface area contributed by atoms with Crippen LogP contribution >= 0.6 is 0 Å². The summed E-state index contributed by atoms with van der Waals surface area (Å²) in [5.74, 6) is -0.799. The lowest BCUT2D eigenvalue weighted by atomic mass is 9.89. The van der Waals surface area contributed by atoms with E-state index in [1.54, 1.807) is 4.90 Å². The van der Waals surface area contributed by atoms with Gasteiger partial charge >= 0.3 is 0 Å². The Kier molecular flexibility index (Phi) is 4.88. The number of carbonyl (C=O) groups is 3. The number of fused-ring (bicyclic) bond motifs is 2. The van der Waals surface area contributed by atoms with Crippen LogP contribution in [0.4, 0.5) is 11.4 Å². The number of imide groups is 1. The lowest BCUT2D eigenvalue weighted by molar-refractivity contribution is -0.136. The van der Waals surface area contributed by atoms with Gasteiger partial charge in [-0.1, -0.05) is 12.1 Å². The third-order valence-electron chi connectivity index (χ3n) is 6.65. The first-order chi connectivity index (χ1) is 15.0. The summed E-state index contributed by atoms with van der Waals surface area (Å²) in [6, 6.07) is 9.34. The van der Waals surface area contributed by atoms with Gasteiger partial charge in [-0.25, -0.2) is 0 Å². The van der Waals surface area contributed by atoms with Crippen molar-refractivity contribution in [3.63, 3.8) is 0 Å². The Bertz CT molecular complexity index is 1090. The Balaban J connectivity index is 1.32. The van der Waals surface area contributed by atoms with E-state index in [1.165, 1.54) is 24.0 Å². The van der Waals surface area contributed by atoms with E-state index in [4.69, 9.17) is 5.73 Å². The van der Waals surface area contributed by atoms with Gasteiger partial charge in [0.05, 0.1) is 0 Å². The van der Waals surface area contributed by atoms with Crippen LogP contribution in [0, 0.1) is 0 Å². The minimum atomic E-state index is -0.583. The third-order valence-corrected chi connectivity index (χ3v) is 6.65. The molecule has 5 rings (SSSR count). The standard InChI is InChI=1S/C24H26N4O3/c25-19-7-8-20(17-4-2-1-3-16(17)19)26-12-14-5-6-15-13-28(24(31)18(15)11-14)21-9-10-22(29)27-23(21)30/h5-8,11,21,26H,1-4,9-10,12-13,25H2,(H,27,29,30). The quantitative estimate of drug-likeness (QED) is 0.523. The first kappa shape index (κ1) is 19.6. The summed E-state index contributed by atoms with van der Waals surface area (Å²) < 4.78 is 0. The van der Waals surface area contributed by atoms with E-state index in [0.717, 1.165) is 35.3 Å². The minimum Gasteiger partial charge on any atom is -0.398 e. The molecule has 2 heterocycles. The number of piperidine rings is 1. The van der Waals surface area contributed by atoms with Crippen molar-refractivity contribution in [3.8, 4) is 0 Å². The van der Waals surface area contributed by atoms with Gasteiger partial charge in [0, 0.05) is 36.4 Å². The van der Waals surface area contributed by atoms with Crippen molar-refractivity contribution >= 4 is 29.1 Å². The van der Waals surface area contributed by atoms with Crippen molar-refractivity contribution in [1.29, 1.82) is 0 Å². The van der Waals surface area contributed by atoms with Crippen LogP contribution in [-0.2, 0) is 35.5 Å². The molecule has 3 amide bonds. The number of hydrogen-bond donors (Lipinski definition) is 3. The molecule has 2 aliphatic heterocycles. The fourth-order valence-electron chi connectivity index (χ4n) is 4.97. The molecule has 160 valence electrons. The number of carbonyl (C=O) groups excluding carboxylic acids is 3. The highest BCUT2D eigenvalue weighted by atomic mass is 16.2. The summed E-state index contributed by atoms with van der Waals surface area (Å²) in [4.78, 5) is 38.2. The molecule has 1 atom stereocenters. The van der Waals surface area contributed by atoms with Crippen LogP contribution in [0.3, 0.4) is 0 Å². The van der Waals surface area contributed by atoms with E-state index in [1.807, 2.05) is 30.3 Å². The van der Waals surface area contributed by atoms with Gasteiger partial charge in [0.25, 0.3) is 5.91 Å². The number of rotatable bonds is 4. The van der Waals surface area contributed by atoms with Gasteiger partial charge in [-0.2, -0.15) is 0 Å². The normalized spacial score (nSPS) is 20.3. The van der Waals surface area contributed by atoms with Crippen LogP contribution in [0.15, 0.2) is 30.3 Å². The molecule has 1 saturated heterocycles. The molecular formula is C24H26N4O3. The summed E-state index contributed by atoms with van der Waals surface area (Å²) in [5.41, 5.74) is 13.3. The molecule has 31 heavy (non-hydrogen) atoms. The highest BCUT2D eigenvalue weighted by Crippen LogP contribution is 2.33. The first-order valence-electron chi connectivity index (χ1n) is 10.9. The molecule has 0 aromatic heterocycles. The molecule has 7 nitrogen and oxygen atoms in total. The van der Waals surface area contributed by atoms with E-state index in [2.05, 4.69) is 10.6 Å². The molecular weight excluding hydrogens is 392 g/mol. The van der Waals surface area contributed by atoms with Gasteiger partial charge in [0.1, 0.15) is 6.04 Å². The molecule has 3 aliphatic rings. The van der Waals surface area contributed by atoms with Crippen LogP contribution in [0.1, 0.15) is 58.3 Å². The van der Waals surface area contributed by atoms with E-state index < -0.39 is 6.04 Å². The van der Waals surface area contributed by atoms with Gasteiger partial charge in [-0.3, -0.25) is 19.7 Å². The van der Waals surface area contributed by atoms with Gasteiger partial charge in [0.15, 0.2) is 0 Å². The zero-order valence-electron chi connectivity index (χ0n) is 17.4. The number of nitrogens with one attached hydrogen (secondary N) is 2. The highest BCUT2D eigenvalue weighted by molar-refractivity contribution is 6.05. The van der Waals surface area contributed by atoms with Crippen LogP contribution < -0.4 is 16.4 Å². The van der Waals surface area contributed by atoms with E-state index in [-0.39, 0.29) is 24.1 Å². The maximum absolute atomic E-state index is 13.0. The predicted octanol–water partition coefficient (Wildman–Crippen LogP) is 2.52. The maximum Gasteiger partial charge on any atom is 0.255 e. The summed E-state index contributed by atoms with van der Waals surface area (Å²) in [5, 5.41) is 5.87. The molecule has 1 aliphatic carbocycles. The number of anilines is 2. The Morgan fingerprint density at radius 3 is 2.65 bits per heavy atom. The zero-order valence-corrected chi connectivity index (χ0v) is 17.4. The lowest BCUT2D eigenvalue weighted by Crippen LogP contribution is -2.52. The predicted molar refractivity (Wildman–Crippen MR) is 117 cm³/mol. The Morgan fingerprint density at radius 1 is 1.03 bits per heavy atom. The Hall–Kier alpha value is -3.35. The van der Waals surface area contributed by atoms with Crippen LogP contribution in [0.5, 0.6) is 0 Å². The number of nitrogens with zero attached hydrogens (tertiary/aromatic N) is 1. The molecule has 0 bridgehead atoms. The number of nitrogen functional groups attached to an aromatic ring is 1. The van der Waals surface area contributed by atoms with Crippen LogP contribution in [0.2, 0.25) is 0 Å². The van der Waals surface area contributed by atoms with E-state index >= 15 is 0 Å². The second kappa shape index (κ2) is 7.72. The van der Waals surface area contributed by atoms with Gasteiger partial charge in [-0.15, -0.1) is 0 Å². The summed E-state index contributed by atoms with van der Waals surface area (Å²) in [6.45, 7) is 1.01. The van der Waals surface area contributed by atoms with Crippen molar-refractivity contribution in [2.75, 3.05) is 11.1 Å². The molecule has 7 heteroatoms. The number of benzene rings is 2. The second-order valence-electron chi connectivity index (χ2n) is 8.61. The number of nitrogens with two attached hydrogens (primary N) is 1. The monoisotopic (exact) mass is 418 g/mol. The lowest BCUT2D eigenvalue weighted by Gasteiger charge is -2.29. The van der Waals surface area contributed by atoms with Crippen LogP contribution in [0.25, 0.3) is 0 Å². The van der Waals surface area contributed by atoms with Crippen molar-refractivity contribution in [2.24, 2.45) is 0 Å². The second-order valence-corrected chi connectivity index (χ2v) is 8.61. The molecule has 0 spiro atoms. The fourth-order valence-corrected chi connectivity index (χ4v) is 4.97. The largest absolute Gasteiger partial charge is 0.398 e. The fraction of sp³-hybridized carbons (Fsp3) is 0.375. The summed E-state index contributed by atoms with van der Waals surface area (Å²) in [6.07, 6.45) is 5.05. The molecule has 1 unspecified atom stereocenters. The maximum atomic E-state index is 13.0. The van der Waals surface area contributed by atoms with E-state index in [0.29, 0.717) is 25.1 Å². The molecule has 0 saturated carbocycles. The van der Waals surface area contributed by atoms with Crippen molar-refractivity contribution in [2.45, 2.75) is 57.7 Å². The highest BCUT2D eigenvalue weighted by Gasteiger charge is 2.39. The van der Waals surface area contributed by atoms with Crippen molar-refractivity contribution in [3.05, 3.63) is 58.1 Å². The SMILES string of the molecule is Nc1ccc(NCc2ccc3c(c2)C(=O)N(C2CCC(=O)NC2=O)C3)c2c1CCCC2. The minimum absolute atomic E-state index is 0.142. The number of amides is 3. The Labute approximate surface area is 181 Å². The summed E-state index contributed by atoms with van der Waals surface area (Å²) >= 11 is 0. The smallest absolute Gasteiger partial charge is 0.255 e. The zero-order chi connectivity index (χ0) is 21.5. The average molecular weight is 418 g/mol. The molecule has 2 aromatic rings. The summed E-state index contributed by atoms with van der Waals surface area (Å²) in [7, 11) is 0. The van der Waals surface area contributed by atoms with Crippen molar-refractivity contribution in [1.82, 2.24) is 10.2 Å². The van der Waals surface area contributed by atoms with E-state index in [9.17, 15) is 14.4 Å². The topological polar surface area (TPSA) is 105 Å². The Morgan fingerprint density at radius 2 is 1.84 bits per heavy atom. The first-order valence-corrected chi connectivity index (χ1v) is 10.9. The van der Waals surface area contributed by atoms with Gasteiger partial charge < -0.3 is 16.0 Å². The third kappa shape index (κ3) is 3.54. The molecule has 2 aromatic carbocycles. The van der Waals surface area contributed by atoms with Gasteiger partial charge in [0.2, 0.25) is 11.8 Å².